The van der Waals surface area contributed by atoms with Crippen molar-refractivity contribution in [3.8, 4) is 0 Å². The molecule has 0 saturated heterocycles. The average Bonchev–Trinajstić information content (AvgIpc) is 3.16. The van der Waals surface area contributed by atoms with Gasteiger partial charge in [-0.05, 0) is 35.9 Å². The van der Waals surface area contributed by atoms with Crippen molar-refractivity contribution in [1.29, 1.82) is 0 Å². The summed E-state index contributed by atoms with van der Waals surface area (Å²) in [6, 6.07) is 12.9. The first-order valence-corrected chi connectivity index (χ1v) is 9.54. The quantitative estimate of drug-likeness (QED) is 0.533. The van der Waals surface area contributed by atoms with Crippen molar-refractivity contribution >= 4 is 34.9 Å². The summed E-state index contributed by atoms with van der Waals surface area (Å²) in [5, 5.41) is 2.74. The van der Waals surface area contributed by atoms with Crippen LogP contribution in [0.3, 0.4) is 0 Å². The Labute approximate surface area is 176 Å². The summed E-state index contributed by atoms with van der Waals surface area (Å²) in [5.74, 6) is -0.480. The van der Waals surface area contributed by atoms with Crippen LogP contribution in [0.5, 0.6) is 0 Å². The van der Waals surface area contributed by atoms with Gasteiger partial charge < -0.3 is 9.88 Å². The second-order valence-electron chi connectivity index (χ2n) is 7.02. The Morgan fingerprint density at radius 1 is 1.06 bits per heavy atom. The van der Waals surface area contributed by atoms with E-state index in [0.29, 0.717) is 5.69 Å². The Bertz CT molecular complexity index is 1410. The van der Waals surface area contributed by atoms with Crippen LogP contribution in [-0.4, -0.2) is 29.6 Å². The van der Waals surface area contributed by atoms with Gasteiger partial charge in [0.15, 0.2) is 11.2 Å². The topological polar surface area (TPSA) is 104 Å². The molecule has 1 aromatic carbocycles. The monoisotopic (exact) mass is 416 g/mol. The van der Waals surface area contributed by atoms with Crippen molar-refractivity contribution < 1.29 is 4.79 Å². The minimum atomic E-state index is -0.599. The van der Waals surface area contributed by atoms with E-state index in [4.69, 9.17) is 0 Å². The lowest BCUT2D eigenvalue weighted by Crippen LogP contribution is -2.42. The highest BCUT2D eigenvalue weighted by Crippen LogP contribution is 2.13. The number of fused-ring (bicyclic) bond motifs is 1. The molecule has 3 heterocycles. The maximum Gasteiger partial charge on any atom is 0.332 e. The maximum absolute atomic E-state index is 12.7. The van der Waals surface area contributed by atoms with Crippen LogP contribution in [0.1, 0.15) is 11.3 Å². The molecular weight excluding hydrogens is 396 g/mol. The molecule has 0 aliphatic rings. The van der Waals surface area contributed by atoms with Crippen LogP contribution in [0, 0.1) is 0 Å². The molecule has 31 heavy (non-hydrogen) atoms. The second-order valence-corrected chi connectivity index (χ2v) is 7.02. The van der Waals surface area contributed by atoms with Crippen LogP contribution in [-0.2, 0) is 25.4 Å². The van der Waals surface area contributed by atoms with Gasteiger partial charge in [-0.15, -0.1) is 0 Å². The number of rotatable bonds is 5. The van der Waals surface area contributed by atoms with Gasteiger partial charge in [-0.3, -0.25) is 19.1 Å². The minimum absolute atomic E-state index is 0.261. The predicted octanol–water partition coefficient (Wildman–Crippen LogP) is 1.64. The fourth-order valence-corrected chi connectivity index (χ4v) is 3.26. The van der Waals surface area contributed by atoms with E-state index in [9.17, 15) is 14.4 Å². The molecule has 0 unspecified atom stereocenters. The van der Waals surface area contributed by atoms with Crippen molar-refractivity contribution in [1.82, 2.24) is 23.7 Å². The molecule has 4 rings (SSSR count). The van der Waals surface area contributed by atoms with Crippen molar-refractivity contribution in [2.75, 3.05) is 5.32 Å². The zero-order chi connectivity index (χ0) is 22.0. The van der Waals surface area contributed by atoms with E-state index in [1.807, 2.05) is 36.4 Å². The minimum Gasteiger partial charge on any atom is -0.328 e. The third-order valence-corrected chi connectivity index (χ3v) is 4.81. The van der Waals surface area contributed by atoms with Gasteiger partial charge in [-0.25, -0.2) is 14.3 Å². The third kappa shape index (κ3) is 4.06. The van der Waals surface area contributed by atoms with Crippen LogP contribution in [0.25, 0.3) is 23.3 Å². The second kappa shape index (κ2) is 8.23. The first-order valence-electron chi connectivity index (χ1n) is 9.54. The van der Waals surface area contributed by atoms with Crippen LogP contribution in [0.2, 0.25) is 0 Å². The van der Waals surface area contributed by atoms with E-state index >= 15 is 0 Å². The molecular formula is C22H20N6O3. The molecule has 9 nitrogen and oxygen atoms in total. The number of hydrogen-bond donors (Lipinski definition) is 1. The van der Waals surface area contributed by atoms with Crippen molar-refractivity contribution in [3.05, 3.63) is 87.1 Å². The standard InChI is InChI=1S/C22H20N6O3/c1-26-14-24-20-19(26)21(30)28(22(31)27(20)2)13-18(29)25-17-8-5-6-15(12-17)9-10-16-7-3-4-11-23-16/h3-12,14H,13H2,1-2H3,(H,25,29)/b10-9+. The summed E-state index contributed by atoms with van der Waals surface area (Å²) >= 11 is 0. The summed E-state index contributed by atoms with van der Waals surface area (Å²) in [4.78, 5) is 46.2. The molecule has 1 amide bonds. The Morgan fingerprint density at radius 2 is 1.90 bits per heavy atom. The van der Waals surface area contributed by atoms with Crippen molar-refractivity contribution in [3.63, 3.8) is 0 Å². The van der Waals surface area contributed by atoms with Gasteiger partial charge in [-0.1, -0.05) is 24.3 Å². The van der Waals surface area contributed by atoms with Gasteiger partial charge >= 0.3 is 5.69 Å². The van der Waals surface area contributed by atoms with E-state index in [2.05, 4.69) is 15.3 Å². The number of hydrogen-bond acceptors (Lipinski definition) is 5. The molecule has 1 N–H and O–H groups in total. The number of aromatic nitrogens is 5. The van der Waals surface area contributed by atoms with E-state index in [-0.39, 0.29) is 11.2 Å². The van der Waals surface area contributed by atoms with Crippen molar-refractivity contribution in [2.45, 2.75) is 6.54 Å². The largest absolute Gasteiger partial charge is 0.332 e. The molecule has 3 aromatic heterocycles. The van der Waals surface area contributed by atoms with Crippen LogP contribution >= 0.6 is 0 Å². The summed E-state index contributed by atoms with van der Waals surface area (Å²) in [7, 11) is 3.18. The normalized spacial score (nSPS) is 11.3. The number of imidazole rings is 1. The molecule has 0 aliphatic heterocycles. The van der Waals surface area contributed by atoms with Crippen LogP contribution in [0.4, 0.5) is 5.69 Å². The fraction of sp³-hybridized carbons (Fsp3) is 0.136. The first-order chi connectivity index (χ1) is 14.9. The first kappa shape index (κ1) is 20.0. The lowest BCUT2D eigenvalue weighted by atomic mass is 10.1. The highest BCUT2D eigenvalue weighted by atomic mass is 16.2. The lowest BCUT2D eigenvalue weighted by Gasteiger charge is -2.10. The van der Waals surface area contributed by atoms with Gasteiger partial charge in [0, 0.05) is 26.0 Å². The summed E-state index contributed by atoms with van der Waals surface area (Å²) in [5.41, 5.74) is 1.63. The summed E-state index contributed by atoms with van der Waals surface area (Å²) in [6.07, 6.45) is 6.92. The highest BCUT2D eigenvalue weighted by Gasteiger charge is 2.17. The SMILES string of the molecule is Cn1cnc2c1c(=O)n(CC(=O)Nc1cccc(/C=C/c3ccccn3)c1)c(=O)n2C. The number of anilines is 1. The number of amides is 1. The third-order valence-electron chi connectivity index (χ3n) is 4.81. The number of carbonyl (C=O) groups excluding carboxylic acids is 1. The Kier molecular flexibility index (Phi) is 5.31. The molecule has 0 atom stereocenters. The van der Waals surface area contributed by atoms with E-state index in [1.54, 1.807) is 31.4 Å². The van der Waals surface area contributed by atoms with Gasteiger partial charge in [0.25, 0.3) is 5.56 Å². The zero-order valence-electron chi connectivity index (χ0n) is 17.0. The molecule has 9 heteroatoms. The number of aryl methyl sites for hydroxylation is 2. The lowest BCUT2D eigenvalue weighted by molar-refractivity contribution is -0.116. The molecule has 0 spiro atoms. The van der Waals surface area contributed by atoms with Gasteiger partial charge in [0.05, 0.1) is 12.0 Å². The fourth-order valence-electron chi connectivity index (χ4n) is 3.26. The predicted molar refractivity (Wildman–Crippen MR) is 118 cm³/mol. The Balaban J connectivity index is 1.55. The van der Waals surface area contributed by atoms with Crippen LogP contribution < -0.4 is 16.6 Å². The Morgan fingerprint density at radius 3 is 2.68 bits per heavy atom. The molecule has 0 aliphatic carbocycles. The molecule has 156 valence electrons. The molecule has 0 bridgehead atoms. The smallest absolute Gasteiger partial charge is 0.328 e. The van der Waals surface area contributed by atoms with E-state index in [1.165, 1.54) is 22.5 Å². The number of carbonyl (C=O) groups is 1. The van der Waals surface area contributed by atoms with Gasteiger partial charge in [0.2, 0.25) is 5.91 Å². The summed E-state index contributed by atoms with van der Waals surface area (Å²) < 4.78 is 3.69. The number of benzene rings is 1. The highest BCUT2D eigenvalue weighted by molar-refractivity contribution is 5.91. The van der Waals surface area contributed by atoms with Gasteiger partial charge in [-0.2, -0.15) is 0 Å². The Hall–Kier alpha value is -4.27. The average molecular weight is 416 g/mol. The zero-order valence-corrected chi connectivity index (χ0v) is 17.0. The number of pyridine rings is 1. The maximum atomic E-state index is 12.7. The van der Waals surface area contributed by atoms with E-state index < -0.39 is 23.7 Å². The number of nitrogens with zero attached hydrogens (tertiary/aromatic N) is 5. The van der Waals surface area contributed by atoms with Crippen LogP contribution in [0.15, 0.2) is 64.6 Å². The molecule has 0 fully saturated rings. The molecule has 0 saturated carbocycles. The molecule has 0 radical (unpaired) electrons. The number of nitrogens with one attached hydrogen (secondary N) is 1. The summed E-state index contributed by atoms with van der Waals surface area (Å²) in [6.45, 7) is -0.402. The van der Waals surface area contributed by atoms with Gasteiger partial charge in [0.1, 0.15) is 6.54 Å². The molecule has 4 aromatic rings. The van der Waals surface area contributed by atoms with E-state index in [0.717, 1.165) is 15.8 Å². The van der Waals surface area contributed by atoms with Crippen molar-refractivity contribution in [2.24, 2.45) is 14.1 Å².